The molecule has 0 aliphatic carbocycles. The Balaban J connectivity index is 0.00000243. The van der Waals surface area contributed by atoms with Crippen LogP contribution in [0.5, 0.6) is 0 Å². The number of hydrogen-bond acceptors (Lipinski definition) is 7. The van der Waals surface area contributed by atoms with E-state index in [2.05, 4.69) is 25.1 Å². The molecule has 2 N–H and O–H groups in total. The highest BCUT2D eigenvalue weighted by molar-refractivity contribution is 7.89. The SMILES string of the molecule is CCNS(=O)(=O)c1ccc(F)c(-c2nc(C3CNCCN3C)no2)c1.Cl. The normalized spacial score (nSPS) is 18.5. The Bertz CT molecular complexity index is 861. The Morgan fingerprint density at radius 2 is 2.23 bits per heavy atom. The molecule has 1 aliphatic heterocycles. The van der Waals surface area contributed by atoms with Crippen molar-refractivity contribution in [1.29, 1.82) is 0 Å². The standard InChI is InChI=1S/C15H20FN5O3S.ClH/c1-3-18-25(22,23)10-4-5-12(16)11(8-10)15-19-14(20-24-15)13-9-17-6-7-21(13)2;/h4-5,8,13,17-18H,3,6-7,9H2,1-2H3;1H. The second-order valence-corrected chi connectivity index (χ2v) is 7.57. The lowest BCUT2D eigenvalue weighted by molar-refractivity contribution is 0.190. The molecule has 144 valence electrons. The lowest BCUT2D eigenvalue weighted by atomic mass is 10.2. The summed E-state index contributed by atoms with van der Waals surface area (Å²) >= 11 is 0. The number of hydrogen-bond donors (Lipinski definition) is 2. The molecule has 1 atom stereocenters. The average Bonchev–Trinajstić information content (AvgIpc) is 3.05. The molecule has 1 aromatic carbocycles. The summed E-state index contributed by atoms with van der Waals surface area (Å²) in [6.45, 7) is 4.27. The van der Waals surface area contributed by atoms with Crippen molar-refractivity contribution in [2.45, 2.75) is 17.9 Å². The van der Waals surface area contributed by atoms with E-state index in [0.29, 0.717) is 12.4 Å². The molecule has 0 amide bonds. The van der Waals surface area contributed by atoms with Crippen LogP contribution < -0.4 is 10.0 Å². The summed E-state index contributed by atoms with van der Waals surface area (Å²) in [5.74, 6) is -0.232. The van der Waals surface area contributed by atoms with Gasteiger partial charge in [0.2, 0.25) is 10.0 Å². The maximum absolute atomic E-state index is 14.2. The third-order valence-electron chi connectivity index (χ3n) is 4.06. The van der Waals surface area contributed by atoms with Gasteiger partial charge < -0.3 is 9.84 Å². The zero-order valence-corrected chi connectivity index (χ0v) is 16.0. The lowest BCUT2D eigenvalue weighted by Crippen LogP contribution is -2.44. The van der Waals surface area contributed by atoms with Crippen LogP contribution in [-0.2, 0) is 10.0 Å². The van der Waals surface area contributed by atoms with Gasteiger partial charge in [-0.2, -0.15) is 4.98 Å². The van der Waals surface area contributed by atoms with Gasteiger partial charge in [0.05, 0.1) is 16.5 Å². The summed E-state index contributed by atoms with van der Waals surface area (Å²) in [5.41, 5.74) is -0.0378. The highest BCUT2D eigenvalue weighted by atomic mass is 35.5. The Kier molecular flexibility index (Phi) is 6.69. The first-order valence-electron chi connectivity index (χ1n) is 7.96. The van der Waals surface area contributed by atoms with Crippen molar-refractivity contribution < 1.29 is 17.3 Å². The first-order chi connectivity index (χ1) is 11.9. The molecule has 1 unspecified atom stereocenters. The van der Waals surface area contributed by atoms with Gasteiger partial charge in [0.15, 0.2) is 5.82 Å². The maximum Gasteiger partial charge on any atom is 0.261 e. The zero-order valence-electron chi connectivity index (χ0n) is 14.4. The number of benzene rings is 1. The van der Waals surface area contributed by atoms with Gasteiger partial charge in [-0.25, -0.2) is 17.5 Å². The van der Waals surface area contributed by atoms with E-state index in [-0.39, 0.29) is 41.3 Å². The van der Waals surface area contributed by atoms with Crippen LogP contribution in [0.25, 0.3) is 11.5 Å². The molecule has 2 aromatic rings. The third kappa shape index (κ3) is 4.21. The van der Waals surface area contributed by atoms with Crippen molar-refractivity contribution in [2.24, 2.45) is 0 Å². The molecule has 1 aliphatic rings. The number of halogens is 2. The second-order valence-electron chi connectivity index (χ2n) is 5.80. The summed E-state index contributed by atoms with van der Waals surface area (Å²) in [4.78, 5) is 6.29. The lowest BCUT2D eigenvalue weighted by Gasteiger charge is -2.30. The number of nitrogens with zero attached hydrogens (tertiary/aromatic N) is 3. The van der Waals surface area contributed by atoms with Gasteiger partial charge in [-0.3, -0.25) is 4.90 Å². The molecule has 26 heavy (non-hydrogen) atoms. The molecule has 8 nitrogen and oxygen atoms in total. The topological polar surface area (TPSA) is 100 Å². The minimum Gasteiger partial charge on any atom is -0.334 e. The second kappa shape index (κ2) is 8.40. The Labute approximate surface area is 157 Å². The zero-order chi connectivity index (χ0) is 18.0. The molecule has 3 rings (SSSR count). The number of rotatable bonds is 5. The molecular weight excluding hydrogens is 385 g/mol. The predicted molar refractivity (Wildman–Crippen MR) is 96.0 cm³/mol. The van der Waals surface area contributed by atoms with Crippen molar-refractivity contribution in [3.63, 3.8) is 0 Å². The van der Waals surface area contributed by atoms with Gasteiger partial charge in [0, 0.05) is 26.2 Å². The summed E-state index contributed by atoms with van der Waals surface area (Å²) in [5, 5.41) is 7.18. The molecular formula is C15H21ClFN5O3S. The van der Waals surface area contributed by atoms with E-state index in [0.717, 1.165) is 19.2 Å². The van der Waals surface area contributed by atoms with E-state index in [1.54, 1.807) is 6.92 Å². The quantitative estimate of drug-likeness (QED) is 0.770. The van der Waals surface area contributed by atoms with E-state index in [4.69, 9.17) is 4.52 Å². The molecule has 2 heterocycles. The smallest absolute Gasteiger partial charge is 0.261 e. The van der Waals surface area contributed by atoms with E-state index in [1.807, 2.05) is 7.05 Å². The van der Waals surface area contributed by atoms with Crippen LogP contribution in [-0.4, -0.2) is 56.7 Å². The maximum atomic E-state index is 14.2. The molecule has 1 saturated heterocycles. The molecule has 1 fully saturated rings. The molecule has 0 bridgehead atoms. The fourth-order valence-corrected chi connectivity index (χ4v) is 3.75. The van der Waals surface area contributed by atoms with Crippen LogP contribution >= 0.6 is 12.4 Å². The van der Waals surface area contributed by atoms with E-state index < -0.39 is 15.8 Å². The summed E-state index contributed by atoms with van der Waals surface area (Å²) in [6.07, 6.45) is 0. The summed E-state index contributed by atoms with van der Waals surface area (Å²) < 4.78 is 46.0. The molecule has 0 radical (unpaired) electrons. The van der Waals surface area contributed by atoms with Crippen LogP contribution in [0.2, 0.25) is 0 Å². The molecule has 11 heteroatoms. The van der Waals surface area contributed by atoms with Crippen LogP contribution in [0.4, 0.5) is 4.39 Å². The van der Waals surface area contributed by atoms with Gasteiger partial charge in [-0.15, -0.1) is 12.4 Å². The number of piperazine rings is 1. The Morgan fingerprint density at radius 3 is 2.92 bits per heavy atom. The monoisotopic (exact) mass is 405 g/mol. The van der Waals surface area contributed by atoms with Gasteiger partial charge in [0.25, 0.3) is 5.89 Å². The summed E-state index contributed by atoms with van der Waals surface area (Å²) in [7, 11) is -1.75. The van der Waals surface area contributed by atoms with E-state index in [9.17, 15) is 12.8 Å². The van der Waals surface area contributed by atoms with Crippen LogP contribution in [0.3, 0.4) is 0 Å². The van der Waals surface area contributed by atoms with E-state index in [1.165, 1.54) is 12.1 Å². The van der Waals surface area contributed by atoms with Gasteiger partial charge in [-0.1, -0.05) is 12.1 Å². The highest BCUT2D eigenvalue weighted by Gasteiger charge is 2.26. The number of likely N-dealkylation sites (N-methyl/N-ethyl adjacent to an activating group) is 1. The largest absolute Gasteiger partial charge is 0.334 e. The first kappa shape index (κ1) is 20.7. The van der Waals surface area contributed by atoms with Crippen molar-refractivity contribution in [1.82, 2.24) is 25.1 Å². The van der Waals surface area contributed by atoms with Crippen molar-refractivity contribution in [3.05, 3.63) is 29.8 Å². The molecule has 0 spiro atoms. The third-order valence-corrected chi connectivity index (χ3v) is 5.61. The van der Waals surface area contributed by atoms with Crippen molar-refractivity contribution in [2.75, 3.05) is 33.2 Å². The molecule has 0 saturated carbocycles. The highest BCUT2D eigenvalue weighted by Crippen LogP contribution is 2.27. The van der Waals surface area contributed by atoms with Crippen molar-refractivity contribution in [3.8, 4) is 11.5 Å². The van der Waals surface area contributed by atoms with Gasteiger partial charge in [-0.05, 0) is 25.2 Å². The van der Waals surface area contributed by atoms with Crippen LogP contribution in [0, 0.1) is 5.82 Å². The fourth-order valence-electron chi connectivity index (χ4n) is 2.68. The molecule has 1 aromatic heterocycles. The van der Waals surface area contributed by atoms with E-state index >= 15 is 0 Å². The number of sulfonamides is 1. The minimum absolute atomic E-state index is 0. The van der Waals surface area contributed by atoms with Crippen molar-refractivity contribution >= 4 is 22.4 Å². The number of aromatic nitrogens is 2. The summed E-state index contributed by atoms with van der Waals surface area (Å²) in [6, 6.07) is 3.40. The number of nitrogens with one attached hydrogen (secondary N) is 2. The fraction of sp³-hybridized carbons (Fsp3) is 0.467. The first-order valence-corrected chi connectivity index (χ1v) is 9.45. The van der Waals surface area contributed by atoms with Crippen LogP contribution in [0.1, 0.15) is 18.8 Å². The Hall–Kier alpha value is -1.59. The van der Waals surface area contributed by atoms with Crippen LogP contribution in [0.15, 0.2) is 27.6 Å². The average molecular weight is 406 g/mol. The van der Waals surface area contributed by atoms with Gasteiger partial charge in [0.1, 0.15) is 5.82 Å². The Morgan fingerprint density at radius 1 is 1.46 bits per heavy atom. The minimum atomic E-state index is -3.70. The predicted octanol–water partition coefficient (Wildman–Crippen LogP) is 1.17. The van der Waals surface area contributed by atoms with Gasteiger partial charge >= 0.3 is 0 Å².